The van der Waals surface area contributed by atoms with Crippen LogP contribution in [0.5, 0.6) is 0 Å². The van der Waals surface area contributed by atoms with Gasteiger partial charge in [0.25, 0.3) is 0 Å². The maximum Gasteiger partial charge on any atom is 0.246 e. The van der Waals surface area contributed by atoms with Crippen LogP contribution >= 0.6 is 0 Å². The molecule has 3 rings (SSSR count). The summed E-state index contributed by atoms with van der Waals surface area (Å²) < 4.78 is 0. The van der Waals surface area contributed by atoms with Gasteiger partial charge in [0.2, 0.25) is 18.2 Å². The maximum atomic E-state index is 13.9. The lowest BCUT2D eigenvalue weighted by molar-refractivity contribution is -0.143. The number of carbonyl (C=O) groups is 3. The number of carbonyl (C=O) groups excluding carboxylic acids is 3. The summed E-state index contributed by atoms with van der Waals surface area (Å²) in [6.45, 7) is 7.50. The standard InChI is InChI=1S/C28H38N4O3/c1-28(2,3)26(30-25(34)17-29-4)27(35)32-18-23-13-9-8-12-22(23)16-24(32)19-31(20-33)15-14-21-10-6-5-7-11-21/h5-13,20,24,26,29H,14-19H2,1-4H3,(H,30,34). The number of hydrogen-bond donors (Lipinski definition) is 2. The van der Waals surface area contributed by atoms with E-state index in [-0.39, 0.29) is 24.4 Å². The largest absolute Gasteiger partial charge is 0.343 e. The van der Waals surface area contributed by atoms with Crippen LogP contribution < -0.4 is 10.6 Å². The van der Waals surface area contributed by atoms with Gasteiger partial charge < -0.3 is 20.4 Å². The molecule has 7 nitrogen and oxygen atoms in total. The van der Waals surface area contributed by atoms with Gasteiger partial charge in [-0.05, 0) is 42.0 Å². The molecule has 188 valence electrons. The van der Waals surface area contributed by atoms with Gasteiger partial charge >= 0.3 is 0 Å². The first-order chi connectivity index (χ1) is 16.7. The summed E-state index contributed by atoms with van der Waals surface area (Å²) in [5.41, 5.74) is 3.00. The number of nitrogens with zero attached hydrogens (tertiary/aromatic N) is 2. The molecule has 35 heavy (non-hydrogen) atoms. The van der Waals surface area contributed by atoms with E-state index >= 15 is 0 Å². The van der Waals surface area contributed by atoms with Gasteiger partial charge in [-0.2, -0.15) is 0 Å². The molecule has 0 fully saturated rings. The van der Waals surface area contributed by atoms with Crippen molar-refractivity contribution in [3.8, 4) is 0 Å². The quantitative estimate of drug-likeness (QED) is 0.514. The first-order valence-corrected chi connectivity index (χ1v) is 12.3. The van der Waals surface area contributed by atoms with Crippen molar-refractivity contribution in [3.05, 3.63) is 71.3 Å². The van der Waals surface area contributed by atoms with Crippen LogP contribution in [0.1, 0.15) is 37.5 Å². The van der Waals surface area contributed by atoms with E-state index in [2.05, 4.69) is 28.8 Å². The molecule has 0 aromatic heterocycles. The van der Waals surface area contributed by atoms with Gasteiger partial charge in [0.05, 0.1) is 12.6 Å². The summed E-state index contributed by atoms with van der Waals surface area (Å²) in [5, 5.41) is 5.78. The highest BCUT2D eigenvalue weighted by Gasteiger charge is 2.40. The van der Waals surface area contributed by atoms with E-state index in [1.54, 1.807) is 11.9 Å². The Morgan fingerprint density at radius 2 is 1.74 bits per heavy atom. The molecule has 1 heterocycles. The Bertz CT molecular complexity index is 1000. The predicted octanol–water partition coefficient (Wildman–Crippen LogP) is 2.39. The van der Waals surface area contributed by atoms with Gasteiger partial charge in [0.1, 0.15) is 6.04 Å². The lowest BCUT2D eigenvalue weighted by Crippen LogP contribution is -2.60. The fraction of sp³-hybridized carbons (Fsp3) is 0.464. The van der Waals surface area contributed by atoms with E-state index in [4.69, 9.17) is 0 Å². The molecule has 0 saturated carbocycles. The highest BCUT2D eigenvalue weighted by atomic mass is 16.2. The molecule has 2 atom stereocenters. The zero-order valence-electron chi connectivity index (χ0n) is 21.3. The van der Waals surface area contributed by atoms with Crippen molar-refractivity contribution in [2.75, 3.05) is 26.7 Å². The third-order valence-corrected chi connectivity index (χ3v) is 6.52. The van der Waals surface area contributed by atoms with E-state index in [1.165, 1.54) is 11.1 Å². The second-order valence-electron chi connectivity index (χ2n) is 10.3. The molecule has 2 aromatic rings. The van der Waals surface area contributed by atoms with Gasteiger partial charge in [0, 0.05) is 19.6 Å². The van der Waals surface area contributed by atoms with Crippen molar-refractivity contribution in [2.45, 2.75) is 52.2 Å². The van der Waals surface area contributed by atoms with Crippen molar-refractivity contribution in [3.63, 3.8) is 0 Å². The smallest absolute Gasteiger partial charge is 0.246 e. The van der Waals surface area contributed by atoms with E-state index in [0.717, 1.165) is 18.4 Å². The van der Waals surface area contributed by atoms with Gasteiger partial charge in [-0.25, -0.2) is 0 Å². The normalized spacial score (nSPS) is 16.2. The molecule has 0 radical (unpaired) electrons. The van der Waals surface area contributed by atoms with E-state index in [1.807, 2.05) is 62.1 Å². The molecule has 1 aliphatic rings. The molecular formula is C28H38N4O3. The minimum atomic E-state index is -0.676. The minimum absolute atomic E-state index is 0.115. The highest BCUT2D eigenvalue weighted by molar-refractivity contribution is 5.89. The predicted molar refractivity (Wildman–Crippen MR) is 138 cm³/mol. The number of benzene rings is 2. The lowest BCUT2D eigenvalue weighted by Gasteiger charge is -2.42. The first-order valence-electron chi connectivity index (χ1n) is 12.3. The fourth-order valence-corrected chi connectivity index (χ4v) is 4.57. The van der Waals surface area contributed by atoms with Crippen LogP contribution in [0.4, 0.5) is 0 Å². The number of amides is 3. The molecule has 3 amide bonds. The minimum Gasteiger partial charge on any atom is -0.343 e. The summed E-state index contributed by atoms with van der Waals surface area (Å²) in [6, 6.07) is 17.3. The van der Waals surface area contributed by atoms with Crippen molar-refractivity contribution >= 4 is 18.2 Å². The summed E-state index contributed by atoms with van der Waals surface area (Å²) in [4.78, 5) is 42.0. The monoisotopic (exact) mass is 478 g/mol. The SMILES string of the molecule is CNCC(=O)NC(C(=O)N1Cc2ccccc2CC1CN(C=O)CCc1ccccc1)C(C)(C)C. The third-order valence-electron chi connectivity index (χ3n) is 6.52. The molecule has 2 unspecified atom stereocenters. The van der Waals surface area contributed by atoms with Gasteiger partial charge in [-0.1, -0.05) is 75.4 Å². The average molecular weight is 479 g/mol. The molecule has 0 aliphatic carbocycles. The van der Waals surface area contributed by atoms with Gasteiger partial charge in [0.15, 0.2) is 0 Å². The Morgan fingerprint density at radius 1 is 1.09 bits per heavy atom. The summed E-state index contributed by atoms with van der Waals surface area (Å²) in [7, 11) is 1.70. The molecule has 2 N–H and O–H groups in total. The Morgan fingerprint density at radius 3 is 2.37 bits per heavy atom. The molecule has 7 heteroatoms. The number of rotatable bonds is 10. The molecule has 0 saturated heterocycles. The van der Waals surface area contributed by atoms with E-state index in [9.17, 15) is 14.4 Å². The fourth-order valence-electron chi connectivity index (χ4n) is 4.57. The van der Waals surface area contributed by atoms with Crippen molar-refractivity contribution in [2.24, 2.45) is 5.41 Å². The Labute approximate surface area is 208 Å². The number of nitrogens with one attached hydrogen (secondary N) is 2. The molecule has 1 aliphatic heterocycles. The van der Waals surface area contributed by atoms with Crippen LogP contribution in [0.2, 0.25) is 0 Å². The highest BCUT2D eigenvalue weighted by Crippen LogP contribution is 2.28. The van der Waals surface area contributed by atoms with E-state index < -0.39 is 11.5 Å². The van der Waals surface area contributed by atoms with Crippen LogP contribution in [0.15, 0.2) is 54.6 Å². The average Bonchev–Trinajstić information content (AvgIpc) is 2.84. The first kappa shape index (κ1) is 26.4. The second kappa shape index (κ2) is 12.0. The van der Waals surface area contributed by atoms with E-state index in [0.29, 0.717) is 26.1 Å². The summed E-state index contributed by atoms with van der Waals surface area (Å²) in [6.07, 6.45) is 2.29. The maximum absolute atomic E-state index is 13.9. The Hall–Kier alpha value is -3.19. The molecule has 2 aromatic carbocycles. The summed E-state index contributed by atoms with van der Waals surface area (Å²) in [5.74, 6) is -0.331. The Balaban J connectivity index is 1.83. The second-order valence-corrected chi connectivity index (χ2v) is 10.3. The van der Waals surface area contributed by atoms with Crippen LogP contribution in [0, 0.1) is 5.41 Å². The van der Waals surface area contributed by atoms with Crippen molar-refractivity contribution in [1.29, 1.82) is 0 Å². The van der Waals surface area contributed by atoms with Crippen molar-refractivity contribution < 1.29 is 14.4 Å². The third kappa shape index (κ3) is 7.15. The zero-order chi connectivity index (χ0) is 25.4. The molecule has 0 spiro atoms. The molecule has 0 bridgehead atoms. The van der Waals surface area contributed by atoms with Crippen molar-refractivity contribution in [1.82, 2.24) is 20.4 Å². The van der Waals surface area contributed by atoms with Crippen LogP contribution in [-0.4, -0.2) is 66.8 Å². The lowest BCUT2D eigenvalue weighted by atomic mass is 9.84. The van der Waals surface area contributed by atoms with Gasteiger partial charge in [-0.15, -0.1) is 0 Å². The zero-order valence-corrected chi connectivity index (χ0v) is 21.3. The van der Waals surface area contributed by atoms with Gasteiger partial charge in [-0.3, -0.25) is 14.4 Å². The van der Waals surface area contributed by atoms with Crippen LogP contribution in [0.3, 0.4) is 0 Å². The molecular weight excluding hydrogens is 440 g/mol. The number of hydrogen-bond acceptors (Lipinski definition) is 4. The van der Waals surface area contributed by atoms with Crippen LogP contribution in [0.25, 0.3) is 0 Å². The Kier molecular flexibility index (Phi) is 9.04. The topological polar surface area (TPSA) is 81.8 Å². The number of fused-ring (bicyclic) bond motifs is 1. The number of likely N-dealkylation sites (N-methyl/N-ethyl adjacent to an activating group) is 1. The summed E-state index contributed by atoms with van der Waals surface area (Å²) >= 11 is 0. The van der Waals surface area contributed by atoms with Crippen LogP contribution in [-0.2, 0) is 33.8 Å².